The van der Waals surface area contributed by atoms with Gasteiger partial charge in [0.05, 0.1) is 34.0 Å². The van der Waals surface area contributed by atoms with Crippen molar-refractivity contribution in [3.05, 3.63) is 98.0 Å². The zero-order valence-electron chi connectivity index (χ0n) is 30.3. The highest BCUT2D eigenvalue weighted by atomic mass is 35.5. The molecule has 4 heterocycles. The number of rotatable bonds is 8. The summed E-state index contributed by atoms with van der Waals surface area (Å²) < 4.78 is 12.3. The van der Waals surface area contributed by atoms with E-state index in [2.05, 4.69) is 21.8 Å². The van der Waals surface area contributed by atoms with Gasteiger partial charge >= 0.3 is 0 Å². The van der Waals surface area contributed by atoms with E-state index in [0.29, 0.717) is 42.3 Å². The number of amides is 1. The van der Waals surface area contributed by atoms with Gasteiger partial charge in [-0.2, -0.15) is 5.10 Å². The molecule has 6 aromatic rings. The van der Waals surface area contributed by atoms with Gasteiger partial charge in [-0.1, -0.05) is 40.6 Å². The van der Waals surface area contributed by atoms with Crippen molar-refractivity contribution in [1.29, 1.82) is 5.41 Å². The highest BCUT2D eigenvalue weighted by molar-refractivity contribution is 6.35. The quantitative estimate of drug-likeness (QED) is 0.0403. The Morgan fingerprint density at radius 1 is 1.04 bits per heavy atom. The molecular weight excluding hydrogens is 697 g/mol. The van der Waals surface area contributed by atoms with Crippen molar-refractivity contribution < 1.29 is 9.53 Å². The third-order valence-electron chi connectivity index (χ3n) is 10.3. The molecule has 268 valence electrons. The average molecular weight is 739 g/mol. The number of halogens is 2. The number of nitrogens with one attached hydrogen (secondary N) is 1. The number of aryl methyl sites for hydroxylation is 6. The van der Waals surface area contributed by atoms with Gasteiger partial charge < -0.3 is 24.6 Å². The van der Waals surface area contributed by atoms with E-state index in [4.69, 9.17) is 44.3 Å². The molecule has 1 aliphatic heterocycles. The standard InChI is InChI=1S/C39H41Cl2N9O2/c1-20-15-26(16-21(2)35(20)41)52-14-8-9-27-28-12-13-30(40)34(33-23(4)45-48(7)24(33)5)36(28)50-22(3)18-49(39(51)37(27)50)32-19-47(6)31-17-25(10-11-29(31)32)38(42)44-46-43/h10-13,15-17,19,22H,8-9,14,18H2,1-7H3,(H3,42,43,44)/t22-/m1/s1. The summed E-state index contributed by atoms with van der Waals surface area (Å²) in [7, 11) is 3.87. The smallest absolute Gasteiger partial charge is 0.275 e. The highest BCUT2D eigenvalue weighted by Crippen LogP contribution is 2.45. The number of aromatic nitrogens is 4. The molecule has 1 atom stereocenters. The molecule has 52 heavy (non-hydrogen) atoms. The lowest BCUT2D eigenvalue weighted by Gasteiger charge is -2.34. The molecule has 1 amide bonds. The zero-order chi connectivity index (χ0) is 37.2. The summed E-state index contributed by atoms with van der Waals surface area (Å²) in [6, 6.07) is 13.4. The van der Waals surface area contributed by atoms with Crippen molar-refractivity contribution in [3.63, 3.8) is 0 Å². The van der Waals surface area contributed by atoms with Gasteiger partial charge in [0.1, 0.15) is 11.4 Å². The second-order valence-electron chi connectivity index (χ2n) is 13.7. The predicted molar refractivity (Wildman–Crippen MR) is 209 cm³/mol. The van der Waals surface area contributed by atoms with Gasteiger partial charge in [0.2, 0.25) is 0 Å². The number of anilines is 1. The summed E-state index contributed by atoms with van der Waals surface area (Å²) >= 11 is 13.5. The lowest BCUT2D eigenvalue weighted by Crippen LogP contribution is -2.42. The molecule has 11 nitrogen and oxygen atoms in total. The number of hydrogen-bond acceptors (Lipinski definition) is 5. The van der Waals surface area contributed by atoms with Gasteiger partial charge in [0.25, 0.3) is 5.91 Å². The van der Waals surface area contributed by atoms with Crippen molar-refractivity contribution in [3.8, 4) is 16.9 Å². The highest BCUT2D eigenvalue weighted by Gasteiger charge is 2.37. The van der Waals surface area contributed by atoms with Crippen LogP contribution < -0.4 is 15.5 Å². The summed E-state index contributed by atoms with van der Waals surface area (Å²) in [5, 5.41) is 23.1. The lowest BCUT2D eigenvalue weighted by molar-refractivity contribution is 0.0957. The van der Waals surface area contributed by atoms with Crippen LogP contribution >= 0.6 is 23.2 Å². The maximum Gasteiger partial charge on any atom is 0.275 e. The molecular formula is C39H41Cl2N9O2. The third kappa shape index (κ3) is 5.72. The molecule has 3 N–H and O–H groups in total. The van der Waals surface area contributed by atoms with Gasteiger partial charge in [-0.15, -0.1) is 5.11 Å². The van der Waals surface area contributed by atoms with Crippen LogP contribution in [0.4, 0.5) is 5.69 Å². The first kappa shape index (κ1) is 35.3. The zero-order valence-corrected chi connectivity index (χ0v) is 31.8. The minimum Gasteiger partial charge on any atom is -0.494 e. The minimum absolute atomic E-state index is 0.0390. The maximum atomic E-state index is 15.0. The van der Waals surface area contributed by atoms with Crippen LogP contribution in [0.5, 0.6) is 5.75 Å². The number of carbonyl (C=O) groups is 1. The molecule has 0 spiro atoms. The van der Waals surface area contributed by atoms with E-state index in [1.165, 1.54) is 0 Å². The molecule has 0 unspecified atom stereocenters. The summed E-state index contributed by atoms with van der Waals surface area (Å²) in [6.45, 7) is 11.1. The molecule has 0 aliphatic carbocycles. The molecule has 0 radical (unpaired) electrons. The summed E-state index contributed by atoms with van der Waals surface area (Å²) in [4.78, 5) is 16.9. The van der Waals surface area contributed by atoms with E-state index in [9.17, 15) is 0 Å². The Labute approximate surface area is 312 Å². The number of nitrogens with two attached hydrogens (primary N) is 1. The second-order valence-corrected chi connectivity index (χ2v) is 14.5. The molecule has 0 bridgehead atoms. The molecule has 3 aromatic carbocycles. The topological polar surface area (TPSA) is 132 Å². The average Bonchev–Trinajstić information content (AvgIpc) is 3.71. The first-order valence-electron chi connectivity index (χ1n) is 17.2. The van der Waals surface area contributed by atoms with Crippen LogP contribution in [-0.2, 0) is 20.5 Å². The van der Waals surface area contributed by atoms with Crippen molar-refractivity contribution in [2.45, 2.75) is 53.5 Å². The van der Waals surface area contributed by atoms with E-state index in [1.807, 2.05) is 98.5 Å². The molecule has 0 saturated carbocycles. The fraction of sp³-hybridized carbons (Fsp3) is 0.308. The maximum absolute atomic E-state index is 15.0. The Morgan fingerprint density at radius 3 is 2.42 bits per heavy atom. The van der Waals surface area contributed by atoms with Gasteiger partial charge in [-0.05, 0) is 94.5 Å². The molecule has 13 heteroatoms. The lowest BCUT2D eigenvalue weighted by atomic mass is 9.98. The van der Waals surface area contributed by atoms with Gasteiger partial charge in [0, 0.05) is 71.1 Å². The monoisotopic (exact) mass is 737 g/mol. The van der Waals surface area contributed by atoms with Crippen LogP contribution in [-0.4, -0.2) is 43.8 Å². The molecule has 0 fully saturated rings. The van der Waals surface area contributed by atoms with Crippen LogP contribution in [0.25, 0.3) is 32.9 Å². The van der Waals surface area contributed by atoms with Crippen molar-refractivity contribution in [2.24, 2.45) is 30.3 Å². The normalized spacial score (nSPS) is 14.7. The minimum atomic E-state index is -0.0950. The summed E-state index contributed by atoms with van der Waals surface area (Å²) in [5.74, 6) is 5.86. The van der Waals surface area contributed by atoms with E-state index in [0.717, 1.165) is 77.5 Å². The first-order chi connectivity index (χ1) is 24.8. The van der Waals surface area contributed by atoms with Crippen LogP contribution in [0.3, 0.4) is 0 Å². The Morgan fingerprint density at radius 2 is 1.75 bits per heavy atom. The molecule has 7 rings (SSSR count). The summed E-state index contributed by atoms with van der Waals surface area (Å²) in [5.41, 5.74) is 10.5. The van der Waals surface area contributed by atoms with Crippen LogP contribution in [0.1, 0.15) is 63.5 Å². The van der Waals surface area contributed by atoms with E-state index < -0.39 is 0 Å². The van der Waals surface area contributed by atoms with E-state index >= 15 is 4.79 Å². The fourth-order valence-electron chi connectivity index (χ4n) is 7.78. The molecule has 1 aliphatic rings. The number of benzene rings is 3. The van der Waals surface area contributed by atoms with E-state index in [1.54, 1.807) is 6.07 Å². The fourth-order valence-corrected chi connectivity index (χ4v) is 8.13. The van der Waals surface area contributed by atoms with Crippen molar-refractivity contribution in [2.75, 3.05) is 18.1 Å². The summed E-state index contributed by atoms with van der Waals surface area (Å²) in [6.07, 6.45) is 3.26. The number of nitrogens with zero attached hydrogens (tertiary/aromatic N) is 7. The SMILES string of the molecule is Cc1cc(OCCCc2c3n(c4c(-c5c(C)nn(C)c5C)c(Cl)ccc24)[C@H](C)CN(c2cn(C)c4cc(C(=N)N=NN)ccc24)C3=O)cc(C)c1Cl. The second kappa shape index (κ2) is 13.4. The van der Waals surface area contributed by atoms with Gasteiger partial charge in [0.15, 0.2) is 5.84 Å². The van der Waals surface area contributed by atoms with Gasteiger partial charge in [-0.25, -0.2) is 0 Å². The van der Waals surface area contributed by atoms with Gasteiger partial charge in [-0.3, -0.25) is 14.9 Å². The van der Waals surface area contributed by atoms with Crippen LogP contribution in [0.2, 0.25) is 10.0 Å². The first-order valence-corrected chi connectivity index (χ1v) is 17.9. The number of fused-ring (bicyclic) bond motifs is 4. The Bertz CT molecular complexity index is 2450. The number of ether oxygens (including phenoxy) is 1. The van der Waals surface area contributed by atoms with Crippen molar-refractivity contribution >= 4 is 62.4 Å². The predicted octanol–water partition coefficient (Wildman–Crippen LogP) is 8.96. The van der Waals surface area contributed by atoms with E-state index in [-0.39, 0.29) is 17.8 Å². The Hall–Kier alpha value is -5.13. The Balaban J connectivity index is 1.35. The Kier molecular flexibility index (Phi) is 9.12. The van der Waals surface area contributed by atoms with Crippen LogP contribution in [0, 0.1) is 33.1 Å². The molecule has 0 saturated heterocycles. The number of hydrogen-bond donors (Lipinski definition) is 2. The number of amidine groups is 1. The van der Waals surface area contributed by atoms with Crippen LogP contribution in [0.15, 0.2) is 59.0 Å². The van der Waals surface area contributed by atoms with Crippen molar-refractivity contribution in [1.82, 2.24) is 18.9 Å². The third-order valence-corrected chi connectivity index (χ3v) is 11.2. The number of carbonyl (C=O) groups excluding carboxylic acids is 1. The molecule has 3 aromatic heterocycles. The largest absolute Gasteiger partial charge is 0.494 e.